The number of alkyl halides is 2. The van der Waals surface area contributed by atoms with Crippen LogP contribution in [0.5, 0.6) is 0 Å². The fraction of sp³-hybridized carbons (Fsp3) is 0.500. The highest BCUT2D eigenvalue weighted by atomic mass is 19.3. The van der Waals surface area contributed by atoms with Crippen molar-refractivity contribution in [3.63, 3.8) is 0 Å². The van der Waals surface area contributed by atoms with Gasteiger partial charge < -0.3 is 5.11 Å². The molecular formula is C12H16F2O. The molecule has 1 rings (SSSR count). The number of halogens is 2. The maximum absolute atomic E-state index is 13.6. The Morgan fingerprint density at radius 3 is 2.20 bits per heavy atom. The first-order chi connectivity index (χ1) is 6.89. The molecule has 0 aliphatic carbocycles. The van der Waals surface area contributed by atoms with Crippen molar-refractivity contribution in [2.75, 3.05) is 0 Å². The lowest BCUT2D eigenvalue weighted by Gasteiger charge is -2.31. The summed E-state index contributed by atoms with van der Waals surface area (Å²) in [6, 6.07) is 8.48. The van der Waals surface area contributed by atoms with Gasteiger partial charge in [-0.15, -0.1) is 0 Å². The number of aliphatic hydroxyl groups is 1. The Kier molecular flexibility index (Phi) is 3.45. The van der Waals surface area contributed by atoms with Crippen LogP contribution >= 0.6 is 0 Å². The number of hydrogen-bond donors (Lipinski definition) is 1. The van der Waals surface area contributed by atoms with Crippen molar-refractivity contribution in [1.82, 2.24) is 0 Å². The van der Waals surface area contributed by atoms with E-state index >= 15 is 0 Å². The third-order valence-electron chi connectivity index (χ3n) is 2.75. The molecule has 0 aliphatic rings. The minimum Gasteiger partial charge on any atom is -0.384 e. The molecule has 1 atom stereocenters. The molecule has 0 amide bonds. The molecule has 1 aromatic rings. The molecule has 1 N–H and O–H groups in total. The summed E-state index contributed by atoms with van der Waals surface area (Å²) in [6.07, 6.45) is -0.387. The predicted molar refractivity (Wildman–Crippen MR) is 56.0 cm³/mol. The lowest BCUT2D eigenvalue weighted by molar-refractivity contribution is -0.171. The molecule has 0 spiro atoms. The second kappa shape index (κ2) is 4.27. The van der Waals surface area contributed by atoms with E-state index in [0.717, 1.165) is 0 Å². The molecule has 1 nitrogen and oxygen atoms in total. The summed E-state index contributed by atoms with van der Waals surface area (Å²) in [5, 5.41) is 9.56. The van der Waals surface area contributed by atoms with Crippen molar-refractivity contribution in [3.05, 3.63) is 35.9 Å². The Balaban J connectivity index is 2.81. The average Bonchev–Trinajstić information content (AvgIpc) is 2.18. The van der Waals surface area contributed by atoms with Gasteiger partial charge in [0.1, 0.15) is 5.60 Å². The van der Waals surface area contributed by atoms with Crippen molar-refractivity contribution in [2.24, 2.45) is 0 Å². The van der Waals surface area contributed by atoms with Crippen LogP contribution in [0.4, 0.5) is 8.78 Å². The van der Waals surface area contributed by atoms with Gasteiger partial charge in [0.25, 0.3) is 5.92 Å². The van der Waals surface area contributed by atoms with E-state index in [1.165, 1.54) is 6.92 Å². The van der Waals surface area contributed by atoms with Gasteiger partial charge in [-0.25, -0.2) is 8.78 Å². The van der Waals surface area contributed by atoms with Crippen LogP contribution in [0.15, 0.2) is 30.3 Å². The molecule has 0 saturated carbocycles. The van der Waals surface area contributed by atoms with Gasteiger partial charge in [-0.3, -0.25) is 0 Å². The standard InChI is InChI=1S/C12H16F2O/c1-3-11(2,15)12(13,14)9-10-7-5-4-6-8-10/h4-8,15H,3,9H2,1-2H3. The van der Waals surface area contributed by atoms with Crippen LogP contribution in [0.25, 0.3) is 0 Å². The highest BCUT2D eigenvalue weighted by Crippen LogP contribution is 2.34. The van der Waals surface area contributed by atoms with Crippen LogP contribution in [0.2, 0.25) is 0 Å². The molecule has 0 aliphatic heterocycles. The van der Waals surface area contributed by atoms with Crippen LogP contribution in [-0.2, 0) is 6.42 Å². The van der Waals surface area contributed by atoms with E-state index in [9.17, 15) is 13.9 Å². The Labute approximate surface area is 88.7 Å². The summed E-state index contributed by atoms with van der Waals surface area (Å²) in [5.41, 5.74) is -1.40. The minimum absolute atomic E-state index is 0.0346. The summed E-state index contributed by atoms with van der Waals surface area (Å²) in [4.78, 5) is 0. The van der Waals surface area contributed by atoms with E-state index in [1.54, 1.807) is 37.3 Å². The molecule has 0 bridgehead atoms. The molecule has 15 heavy (non-hydrogen) atoms. The molecule has 0 saturated heterocycles. The number of hydrogen-bond acceptors (Lipinski definition) is 1. The van der Waals surface area contributed by atoms with E-state index in [2.05, 4.69) is 0 Å². The first kappa shape index (κ1) is 12.1. The fourth-order valence-electron chi connectivity index (χ4n) is 1.30. The van der Waals surface area contributed by atoms with Gasteiger partial charge in [-0.05, 0) is 18.9 Å². The largest absolute Gasteiger partial charge is 0.384 e. The average molecular weight is 214 g/mol. The van der Waals surface area contributed by atoms with Gasteiger partial charge in [-0.1, -0.05) is 37.3 Å². The Morgan fingerprint density at radius 2 is 1.73 bits per heavy atom. The van der Waals surface area contributed by atoms with Crippen LogP contribution in [0, 0.1) is 0 Å². The van der Waals surface area contributed by atoms with Crippen molar-refractivity contribution < 1.29 is 13.9 Å². The first-order valence-electron chi connectivity index (χ1n) is 5.03. The van der Waals surface area contributed by atoms with Crippen molar-refractivity contribution in [2.45, 2.75) is 38.2 Å². The SMILES string of the molecule is CCC(C)(O)C(F)(F)Cc1ccccc1. The minimum atomic E-state index is -3.09. The highest BCUT2D eigenvalue weighted by Gasteiger charge is 2.47. The van der Waals surface area contributed by atoms with Gasteiger partial charge in [0.05, 0.1) is 0 Å². The van der Waals surface area contributed by atoms with Crippen molar-refractivity contribution in [1.29, 1.82) is 0 Å². The summed E-state index contributed by atoms with van der Waals surface area (Å²) in [7, 11) is 0. The van der Waals surface area contributed by atoms with E-state index in [-0.39, 0.29) is 6.42 Å². The highest BCUT2D eigenvalue weighted by molar-refractivity contribution is 5.17. The molecule has 0 heterocycles. The Morgan fingerprint density at radius 1 is 1.20 bits per heavy atom. The molecule has 0 aromatic heterocycles. The van der Waals surface area contributed by atoms with Crippen molar-refractivity contribution >= 4 is 0 Å². The van der Waals surface area contributed by atoms with Gasteiger partial charge >= 0.3 is 0 Å². The van der Waals surface area contributed by atoms with E-state index in [0.29, 0.717) is 5.56 Å². The summed E-state index contributed by atoms with van der Waals surface area (Å²) in [5.74, 6) is -3.09. The Bertz CT molecular complexity index is 307. The molecule has 84 valence electrons. The summed E-state index contributed by atoms with van der Waals surface area (Å²) >= 11 is 0. The van der Waals surface area contributed by atoms with Gasteiger partial charge in [0.2, 0.25) is 0 Å². The van der Waals surface area contributed by atoms with Crippen LogP contribution in [0.1, 0.15) is 25.8 Å². The molecule has 3 heteroatoms. The van der Waals surface area contributed by atoms with E-state index < -0.39 is 17.9 Å². The lowest BCUT2D eigenvalue weighted by Crippen LogP contribution is -2.46. The molecule has 1 unspecified atom stereocenters. The summed E-state index contributed by atoms with van der Waals surface area (Å²) < 4.78 is 27.3. The van der Waals surface area contributed by atoms with Gasteiger partial charge in [0.15, 0.2) is 0 Å². The lowest BCUT2D eigenvalue weighted by atomic mass is 9.90. The zero-order chi connectivity index (χ0) is 11.5. The van der Waals surface area contributed by atoms with Crippen LogP contribution < -0.4 is 0 Å². The summed E-state index contributed by atoms with van der Waals surface area (Å²) in [6.45, 7) is 2.73. The first-order valence-corrected chi connectivity index (χ1v) is 5.03. The maximum atomic E-state index is 13.6. The van der Waals surface area contributed by atoms with Gasteiger partial charge in [-0.2, -0.15) is 0 Å². The topological polar surface area (TPSA) is 20.2 Å². The predicted octanol–water partition coefficient (Wildman–Crippen LogP) is 3.03. The van der Waals surface area contributed by atoms with E-state index in [1.807, 2.05) is 0 Å². The monoisotopic (exact) mass is 214 g/mol. The number of rotatable bonds is 4. The zero-order valence-corrected chi connectivity index (χ0v) is 9.00. The normalized spacial score (nSPS) is 16.1. The smallest absolute Gasteiger partial charge is 0.279 e. The molecular weight excluding hydrogens is 198 g/mol. The number of benzene rings is 1. The maximum Gasteiger partial charge on any atom is 0.279 e. The molecule has 0 fully saturated rings. The van der Waals surface area contributed by atoms with E-state index in [4.69, 9.17) is 0 Å². The fourth-order valence-corrected chi connectivity index (χ4v) is 1.30. The second-order valence-corrected chi connectivity index (χ2v) is 3.99. The quantitative estimate of drug-likeness (QED) is 0.816. The van der Waals surface area contributed by atoms with Gasteiger partial charge in [0, 0.05) is 6.42 Å². The van der Waals surface area contributed by atoms with Crippen LogP contribution in [-0.4, -0.2) is 16.6 Å². The molecule has 0 radical (unpaired) electrons. The third kappa shape index (κ3) is 2.75. The molecule has 1 aromatic carbocycles. The zero-order valence-electron chi connectivity index (χ0n) is 9.00. The third-order valence-corrected chi connectivity index (χ3v) is 2.75. The van der Waals surface area contributed by atoms with Crippen molar-refractivity contribution in [3.8, 4) is 0 Å². The van der Waals surface area contributed by atoms with Crippen LogP contribution in [0.3, 0.4) is 0 Å². The Hall–Kier alpha value is -0.960. The second-order valence-electron chi connectivity index (χ2n) is 3.99.